The first-order valence-electron chi connectivity index (χ1n) is 3.61. The van der Waals surface area contributed by atoms with Gasteiger partial charge in [-0.1, -0.05) is 0 Å². The van der Waals surface area contributed by atoms with Crippen molar-refractivity contribution in [1.82, 2.24) is 10.4 Å². The van der Waals surface area contributed by atoms with Crippen molar-refractivity contribution in [2.45, 2.75) is 12.4 Å². The molecule has 0 aromatic carbocycles. The van der Waals surface area contributed by atoms with Crippen LogP contribution in [0.1, 0.15) is 6.92 Å². The number of hydrogen-bond acceptors (Lipinski definition) is 6. The third kappa shape index (κ3) is 4.44. The Kier molecular flexibility index (Phi) is 4.48. The number of nitrogens with one attached hydrogen (secondary N) is 1. The summed E-state index contributed by atoms with van der Waals surface area (Å²) in [5.74, 6) is 0. The summed E-state index contributed by atoms with van der Waals surface area (Å²) in [7, 11) is -4.59. The number of carbonyl (C=O) groups is 2. The number of nitrogens with two attached hydrogens (primary N) is 1. The fourth-order valence-corrected chi connectivity index (χ4v) is 0.681. The van der Waals surface area contributed by atoms with Gasteiger partial charge in [0, 0.05) is 0 Å². The summed E-state index contributed by atoms with van der Waals surface area (Å²) in [6, 6.07) is -1.22. The van der Waals surface area contributed by atoms with E-state index < -0.39 is 27.7 Å². The molecule has 0 heterocycles. The Morgan fingerprint density at radius 3 is 2.44 bits per heavy atom. The number of amides is 3. The highest BCUT2D eigenvalue weighted by Crippen LogP contribution is 2.02. The number of carbonyl (C=O) groups excluding carboxylic acids is 2. The van der Waals surface area contributed by atoms with Gasteiger partial charge in [-0.25, -0.2) is 15.0 Å². The van der Waals surface area contributed by atoms with Gasteiger partial charge in [0.05, 0.1) is 0 Å². The molecule has 3 amide bonds. The number of hydrazine groups is 1. The maximum absolute atomic E-state index is 11.0. The van der Waals surface area contributed by atoms with Crippen LogP contribution in [-0.4, -0.2) is 35.5 Å². The summed E-state index contributed by atoms with van der Waals surface area (Å²) in [6.07, 6.45) is -0.348. The Hall–Kier alpha value is -2.06. The van der Waals surface area contributed by atoms with Gasteiger partial charge in [0.1, 0.15) is 0 Å². The third-order valence-corrected chi connectivity index (χ3v) is 2.13. The van der Waals surface area contributed by atoms with Crippen LogP contribution in [-0.2, 0) is 14.9 Å². The average Bonchev–Trinajstić information content (AvgIpc) is 2.11. The zero-order valence-electron chi connectivity index (χ0n) is 7.95. The number of rotatable bonds is 2. The van der Waals surface area contributed by atoms with E-state index >= 15 is 0 Å². The molecule has 11 heteroatoms. The summed E-state index contributed by atoms with van der Waals surface area (Å²) >= 11 is 0. The van der Waals surface area contributed by atoms with Gasteiger partial charge in [0.15, 0.2) is 0 Å². The molecule has 0 saturated carbocycles. The monoisotopic (exact) mass is 252 g/mol. The van der Waals surface area contributed by atoms with Crippen LogP contribution in [0.4, 0.5) is 9.59 Å². The Morgan fingerprint density at radius 1 is 1.62 bits per heavy atom. The molecule has 16 heavy (non-hydrogen) atoms. The number of ether oxygens (including phenoxy) is 1. The van der Waals surface area contributed by atoms with E-state index in [1.54, 1.807) is 5.43 Å². The molecule has 90 valence electrons. The van der Waals surface area contributed by atoms with Crippen LogP contribution in [0.3, 0.4) is 0 Å². The first-order valence-corrected chi connectivity index (χ1v) is 5.11. The molecule has 0 rings (SSSR count). The van der Waals surface area contributed by atoms with E-state index in [2.05, 4.69) is 10.5 Å². The van der Waals surface area contributed by atoms with Gasteiger partial charge in [0.2, 0.25) is 11.6 Å². The van der Waals surface area contributed by atoms with E-state index in [9.17, 15) is 18.0 Å². The number of urea groups is 1. The highest BCUT2D eigenvalue weighted by molar-refractivity contribution is 7.86. The van der Waals surface area contributed by atoms with E-state index in [-0.39, 0.29) is 5.01 Å². The van der Waals surface area contributed by atoms with Crippen LogP contribution in [0, 0.1) is 11.5 Å². The Morgan fingerprint density at radius 2 is 2.12 bits per heavy atom. The topological polar surface area (TPSA) is 163 Å². The van der Waals surface area contributed by atoms with Gasteiger partial charge < -0.3 is 10.5 Å². The Labute approximate surface area is 90.3 Å². The molecular weight excluding hydrogens is 244 g/mol. The molecule has 0 aromatic rings. The van der Waals surface area contributed by atoms with Gasteiger partial charge >= 0.3 is 22.2 Å². The van der Waals surface area contributed by atoms with E-state index in [0.29, 0.717) is 0 Å². The minimum Gasteiger partial charge on any atom is -0.425 e. The van der Waals surface area contributed by atoms with E-state index in [4.69, 9.17) is 9.81 Å². The standard InChI is InChI=1S/C5H8N4O6S/c1-3(16(12,13)14)15-5(11)9(2-6)8-4(7)10/h3H,1H3,(H3,7,8,10)(H,12,13,14). The van der Waals surface area contributed by atoms with Crippen molar-refractivity contribution in [2.75, 3.05) is 0 Å². The molecular formula is C5H8N4O6S. The fraction of sp³-hybridized carbons (Fsp3) is 0.400. The first kappa shape index (κ1) is 13.9. The van der Waals surface area contributed by atoms with Crippen molar-refractivity contribution in [3.63, 3.8) is 0 Å². The van der Waals surface area contributed by atoms with E-state index in [1.807, 2.05) is 0 Å². The van der Waals surface area contributed by atoms with Gasteiger partial charge in [-0.2, -0.15) is 13.7 Å². The van der Waals surface area contributed by atoms with E-state index in [1.165, 1.54) is 0 Å². The second-order valence-electron chi connectivity index (χ2n) is 2.38. The molecule has 4 N–H and O–H groups in total. The number of nitrogens with zero attached hydrogens (tertiary/aromatic N) is 2. The quantitative estimate of drug-likeness (QED) is 0.238. The molecule has 0 aliphatic heterocycles. The van der Waals surface area contributed by atoms with Crippen molar-refractivity contribution in [1.29, 1.82) is 5.26 Å². The van der Waals surface area contributed by atoms with Crippen LogP contribution >= 0.6 is 0 Å². The van der Waals surface area contributed by atoms with Gasteiger partial charge in [-0.3, -0.25) is 4.55 Å². The lowest BCUT2D eigenvalue weighted by atomic mass is 10.8. The first-order chi connectivity index (χ1) is 7.18. The minimum absolute atomic E-state index is 0.0377. The molecule has 0 saturated heterocycles. The third-order valence-electron chi connectivity index (χ3n) is 1.19. The predicted molar refractivity (Wildman–Crippen MR) is 47.7 cm³/mol. The van der Waals surface area contributed by atoms with Crippen LogP contribution in [0.25, 0.3) is 0 Å². The molecule has 10 nitrogen and oxygen atoms in total. The largest absolute Gasteiger partial charge is 0.444 e. The lowest BCUT2D eigenvalue weighted by Gasteiger charge is -2.15. The molecule has 0 bridgehead atoms. The summed E-state index contributed by atoms with van der Waals surface area (Å²) < 4.78 is 33.5. The van der Waals surface area contributed by atoms with Gasteiger partial charge in [0.25, 0.3) is 0 Å². The highest BCUT2D eigenvalue weighted by atomic mass is 32.2. The van der Waals surface area contributed by atoms with Gasteiger partial charge in [-0.15, -0.1) is 5.01 Å². The molecule has 0 aliphatic rings. The lowest BCUT2D eigenvalue weighted by molar-refractivity contribution is 0.0978. The minimum atomic E-state index is -4.59. The average molecular weight is 252 g/mol. The Balaban J connectivity index is 4.57. The smallest absolute Gasteiger partial charge is 0.425 e. The van der Waals surface area contributed by atoms with Gasteiger partial charge in [-0.05, 0) is 6.92 Å². The molecule has 0 fully saturated rings. The van der Waals surface area contributed by atoms with E-state index in [0.717, 1.165) is 13.1 Å². The SMILES string of the molecule is CC(OC(=O)N(C#N)NC(N)=O)S(=O)(=O)O. The predicted octanol–water partition coefficient (Wildman–Crippen LogP) is -1.28. The van der Waals surface area contributed by atoms with Crippen molar-refractivity contribution in [3.8, 4) is 6.19 Å². The second kappa shape index (κ2) is 5.14. The lowest BCUT2D eigenvalue weighted by Crippen LogP contribution is -2.46. The summed E-state index contributed by atoms with van der Waals surface area (Å²) in [5, 5.41) is 8.32. The Bertz CT molecular complexity index is 425. The zero-order valence-corrected chi connectivity index (χ0v) is 8.76. The molecule has 0 radical (unpaired) electrons. The maximum atomic E-state index is 11.0. The molecule has 1 unspecified atom stereocenters. The van der Waals surface area contributed by atoms with Crippen molar-refractivity contribution >= 4 is 22.2 Å². The van der Waals surface area contributed by atoms with Crippen LogP contribution in [0.2, 0.25) is 0 Å². The van der Waals surface area contributed by atoms with Crippen molar-refractivity contribution in [3.05, 3.63) is 0 Å². The normalized spacial score (nSPS) is 12.1. The molecule has 0 aromatic heterocycles. The zero-order chi connectivity index (χ0) is 12.9. The number of hydrogen-bond donors (Lipinski definition) is 3. The molecule has 0 aliphatic carbocycles. The van der Waals surface area contributed by atoms with Crippen molar-refractivity contribution in [2.24, 2.45) is 5.73 Å². The highest BCUT2D eigenvalue weighted by Gasteiger charge is 2.25. The molecule has 1 atom stereocenters. The maximum Gasteiger partial charge on any atom is 0.444 e. The second-order valence-corrected chi connectivity index (χ2v) is 4.07. The van der Waals surface area contributed by atoms with Crippen molar-refractivity contribution < 1.29 is 27.3 Å². The summed E-state index contributed by atoms with van der Waals surface area (Å²) in [5.41, 5.74) is 4.27. The van der Waals surface area contributed by atoms with Crippen LogP contribution in [0.5, 0.6) is 0 Å². The molecule has 0 spiro atoms. The van der Waals surface area contributed by atoms with Crippen LogP contribution in [0.15, 0.2) is 0 Å². The summed E-state index contributed by atoms with van der Waals surface area (Å²) in [6.45, 7) is 0.854. The number of primary amides is 1. The number of nitriles is 1. The van der Waals surface area contributed by atoms with Crippen LogP contribution < -0.4 is 11.2 Å². The fourth-order valence-electron chi connectivity index (χ4n) is 0.477. The summed E-state index contributed by atoms with van der Waals surface area (Å²) in [4.78, 5) is 21.3.